The van der Waals surface area contributed by atoms with Crippen molar-refractivity contribution in [3.05, 3.63) is 0 Å². The van der Waals surface area contributed by atoms with Gasteiger partial charge >= 0.3 is 0 Å². The SMILES string of the molecule is CC1(NCCC2CCCCC2)CC1. The third-order valence-electron chi connectivity index (χ3n) is 3.83. The molecule has 0 aromatic carbocycles. The molecule has 0 saturated heterocycles. The largest absolute Gasteiger partial charge is 0.312 e. The first kappa shape index (κ1) is 9.51. The van der Waals surface area contributed by atoms with E-state index >= 15 is 0 Å². The fourth-order valence-electron chi connectivity index (χ4n) is 2.42. The molecule has 1 N–H and O–H groups in total. The normalized spacial score (nSPS) is 27.5. The fourth-order valence-corrected chi connectivity index (χ4v) is 2.42. The molecule has 2 saturated carbocycles. The first-order chi connectivity index (χ1) is 6.29. The Bertz CT molecular complexity index is 155. The lowest BCUT2D eigenvalue weighted by atomic mass is 9.87. The molecule has 0 spiro atoms. The fraction of sp³-hybridized carbons (Fsp3) is 1.00. The van der Waals surface area contributed by atoms with Gasteiger partial charge in [0.25, 0.3) is 0 Å². The summed E-state index contributed by atoms with van der Waals surface area (Å²) >= 11 is 0. The van der Waals surface area contributed by atoms with Gasteiger partial charge in [-0.3, -0.25) is 0 Å². The van der Waals surface area contributed by atoms with Crippen molar-refractivity contribution in [2.75, 3.05) is 6.54 Å². The van der Waals surface area contributed by atoms with Gasteiger partial charge in [-0.1, -0.05) is 32.1 Å². The minimum Gasteiger partial charge on any atom is -0.312 e. The van der Waals surface area contributed by atoms with Crippen LogP contribution in [0.3, 0.4) is 0 Å². The zero-order valence-electron chi connectivity index (χ0n) is 8.94. The molecule has 2 fully saturated rings. The molecular weight excluding hydrogens is 158 g/mol. The molecule has 0 heterocycles. The van der Waals surface area contributed by atoms with E-state index in [4.69, 9.17) is 0 Å². The van der Waals surface area contributed by atoms with Gasteiger partial charge < -0.3 is 5.32 Å². The van der Waals surface area contributed by atoms with Gasteiger partial charge in [0.05, 0.1) is 0 Å². The van der Waals surface area contributed by atoms with Crippen LogP contribution in [0.25, 0.3) is 0 Å². The second kappa shape index (κ2) is 4.00. The quantitative estimate of drug-likeness (QED) is 0.702. The summed E-state index contributed by atoms with van der Waals surface area (Å²) in [7, 11) is 0. The second-order valence-electron chi connectivity index (χ2n) is 5.28. The minimum atomic E-state index is 0.550. The standard InChI is InChI=1S/C12H23N/c1-12(8-9-12)13-10-7-11-5-3-2-4-6-11/h11,13H,2-10H2,1H3. The number of hydrogen-bond donors (Lipinski definition) is 1. The van der Waals surface area contributed by atoms with Crippen LogP contribution in [0.4, 0.5) is 0 Å². The molecular formula is C12H23N. The summed E-state index contributed by atoms with van der Waals surface area (Å²) in [5.41, 5.74) is 0.550. The predicted octanol–water partition coefficient (Wildman–Crippen LogP) is 3.10. The second-order valence-corrected chi connectivity index (χ2v) is 5.28. The third-order valence-corrected chi connectivity index (χ3v) is 3.83. The Labute approximate surface area is 82.3 Å². The van der Waals surface area contributed by atoms with E-state index in [1.165, 1.54) is 57.9 Å². The highest BCUT2D eigenvalue weighted by atomic mass is 15.0. The first-order valence-electron chi connectivity index (χ1n) is 6.04. The number of hydrogen-bond acceptors (Lipinski definition) is 1. The van der Waals surface area contributed by atoms with Crippen molar-refractivity contribution in [2.24, 2.45) is 5.92 Å². The highest BCUT2D eigenvalue weighted by Crippen LogP contribution is 2.34. The molecule has 2 aliphatic carbocycles. The monoisotopic (exact) mass is 181 g/mol. The molecule has 1 nitrogen and oxygen atoms in total. The average Bonchev–Trinajstić information content (AvgIpc) is 2.86. The number of nitrogens with one attached hydrogen (secondary N) is 1. The summed E-state index contributed by atoms with van der Waals surface area (Å²) in [6.45, 7) is 3.62. The van der Waals surface area contributed by atoms with Crippen molar-refractivity contribution in [2.45, 2.75) is 63.8 Å². The van der Waals surface area contributed by atoms with Crippen LogP contribution >= 0.6 is 0 Å². The van der Waals surface area contributed by atoms with Crippen LogP contribution in [-0.4, -0.2) is 12.1 Å². The lowest BCUT2D eigenvalue weighted by Gasteiger charge is -2.22. The minimum absolute atomic E-state index is 0.550. The topological polar surface area (TPSA) is 12.0 Å². The zero-order chi connectivity index (χ0) is 9.15. The molecule has 0 bridgehead atoms. The van der Waals surface area contributed by atoms with E-state index in [2.05, 4.69) is 12.2 Å². The molecule has 0 atom stereocenters. The Balaban J connectivity index is 1.56. The molecule has 2 aliphatic rings. The van der Waals surface area contributed by atoms with Crippen LogP contribution in [0, 0.1) is 5.92 Å². The highest BCUT2D eigenvalue weighted by Gasteiger charge is 2.36. The molecule has 2 rings (SSSR count). The summed E-state index contributed by atoms with van der Waals surface area (Å²) in [6.07, 6.45) is 11.7. The van der Waals surface area contributed by atoms with Crippen molar-refractivity contribution in [1.82, 2.24) is 5.32 Å². The third kappa shape index (κ3) is 2.98. The van der Waals surface area contributed by atoms with Gasteiger partial charge in [-0.15, -0.1) is 0 Å². The maximum Gasteiger partial charge on any atom is 0.0154 e. The predicted molar refractivity (Wildman–Crippen MR) is 56.8 cm³/mol. The van der Waals surface area contributed by atoms with Crippen LogP contribution < -0.4 is 5.32 Å². The molecule has 0 radical (unpaired) electrons. The van der Waals surface area contributed by atoms with Crippen molar-refractivity contribution < 1.29 is 0 Å². The molecule has 0 unspecified atom stereocenters. The van der Waals surface area contributed by atoms with Gasteiger partial charge in [0.2, 0.25) is 0 Å². The van der Waals surface area contributed by atoms with Gasteiger partial charge in [0, 0.05) is 5.54 Å². The highest BCUT2D eigenvalue weighted by molar-refractivity contribution is 4.97. The van der Waals surface area contributed by atoms with E-state index in [0.29, 0.717) is 5.54 Å². The van der Waals surface area contributed by atoms with Gasteiger partial charge in [-0.25, -0.2) is 0 Å². The van der Waals surface area contributed by atoms with E-state index in [0.717, 1.165) is 5.92 Å². The maximum absolute atomic E-state index is 3.68. The summed E-state index contributed by atoms with van der Waals surface area (Å²) < 4.78 is 0. The van der Waals surface area contributed by atoms with Gasteiger partial charge in [-0.2, -0.15) is 0 Å². The Morgan fingerprint density at radius 3 is 2.46 bits per heavy atom. The lowest BCUT2D eigenvalue weighted by molar-refractivity contribution is 0.327. The Morgan fingerprint density at radius 2 is 1.85 bits per heavy atom. The summed E-state index contributed by atoms with van der Waals surface area (Å²) in [4.78, 5) is 0. The van der Waals surface area contributed by atoms with Gasteiger partial charge in [-0.05, 0) is 38.6 Å². The van der Waals surface area contributed by atoms with Crippen LogP contribution in [0.1, 0.15) is 58.3 Å². The van der Waals surface area contributed by atoms with Gasteiger partial charge in [0.1, 0.15) is 0 Å². The van der Waals surface area contributed by atoms with E-state index in [-0.39, 0.29) is 0 Å². The van der Waals surface area contributed by atoms with E-state index in [1.807, 2.05) is 0 Å². The smallest absolute Gasteiger partial charge is 0.0154 e. The summed E-state index contributed by atoms with van der Waals surface area (Å²) in [6, 6.07) is 0. The molecule has 13 heavy (non-hydrogen) atoms. The van der Waals surface area contributed by atoms with Crippen LogP contribution in [0.5, 0.6) is 0 Å². The van der Waals surface area contributed by atoms with E-state index < -0.39 is 0 Å². The zero-order valence-corrected chi connectivity index (χ0v) is 8.94. The van der Waals surface area contributed by atoms with Crippen molar-refractivity contribution >= 4 is 0 Å². The van der Waals surface area contributed by atoms with E-state index in [9.17, 15) is 0 Å². The Morgan fingerprint density at radius 1 is 1.15 bits per heavy atom. The average molecular weight is 181 g/mol. The Kier molecular flexibility index (Phi) is 2.92. The van der Waals surface area contributed by atoms with Crippen LogP contribution in [-0.2, 0) is 0 Å². The molecule has 1 heteroatoms. The molecule has 76 valence electrons. The molecule has 0 aromatic heterocycles. The van der Waals surface area contributed by atoms with E-state index in [1.54, 1.807) is 0 Å². The van der Waals surface area contributed by atoms with Gasteiger partial charge in [0.15, 0.2) is 0 Å². The van der Waals surface area contributed by atoms with Crippen LogP contribution in [0.15, 0.2) is 0 Å². The van der Waals surface area contributed by atoms with Crippen LogP contribution in [0.2, 0.25) is 0 Å². The molecule has 0 amide bonds. The molecule has 0 aromatic rings. The number of rotatable bonds is 4. The Hall–Kier alpha value is -0.0400. The summed E-state index contributed by atoms with van der Waals surface area (Å²) in [5, 5.41) is 3.68. The van der Waals surface area contributed by atoms with Crippen molar-refractivity contribution in [3.63, 3.8) is 0 Å². The van der Waals surface area contributed by atoms with Crippen molar-refractivity contribution in [3.8, 4) is 0 Å². The summed E-state index contributed by atoms with van der Waals surface area (Å²) in [5.74, 6) is 1.04. The lowest BCUT2D eigenvalue weighted by Crippen LogP contribution is -2.30. The maximum atomic E-state index is 3.68. The molecule has 0 aliphatic heterocycles. The first-order valence-corrected chi connectivity index (χ1v) is 6.04. The van der Waals surface area contributed by atoms with Crippen molar-refractivity contribution in [1.29, 1.82) is 0 Å².